The van der Waals surface area contributed by atoms with Crippen molar-refractivity contribution in [2.75, 3.05) is 13.2 Å². The van der Waals surface area contributed by atoms with Crippen molar-refractivity contribution in [3.8, 4) is 5.75 Å². The summed E-state index contributed by atoms with van der Waals surface area (Å²) in [7, 11) is 0. The van der Waals surface area contributed by atoms with Crippen molar-refractivity contribution >= 4 is 0 Å². The predicted octanol–water partition coefficient (Wildman–Crippen LogP) is 1.27. The molecule has 1 atom stereocenters. The molecule has 0 aliphatic carbocycles. The van der Waals surface area contributed by atoms with E-state index in [4.69, 9.17) is 4.74 Å². The van der Waals surface area contributed by atoms with Gasteiger partial charge in [0.05, 0.1) is 13.2 Å². The third-order valence-corrected chi connectivity index (χ3v) is 2.42. The van der Waals surface area contributed by atoms with Crippen LogP contribution in [0.25, 0.3) is 0 Å². The van der Waals surface area contributed by atoms with E-state index in [-0.39, 0.29) is 0 Å². The van der Waals surface area contributed by atoms with Crippen LogP contribution < -0.4 is 5.32 Å². The minimum atomic E-state index is 0.299. The normalized spacial score (nSPS) is 20.4. The van der Waals surface area contributed by atoms with Gasteiger partial charge in [-0.15, -0.1) is 0 Å². The van der Waals surface area contributed by atoms with E-state index >= 15 is 0 Å². The Balaban J connectivity index is 1.74. The van der Waals surface area contributed by atoms with Crippen molar-refractivity contribution < 1.29 is 9.84 Å². The number of hydrogen-bond donors (Lipinski definition) is 2. The van der Waals surface area contributed by atoms with Gasteiger partial charge in [0.1, 0.15) is 5.75 Å². The molecule has 76 valence electrons. The van der Waals surface area contributed by atoms with Gasteiger partial charge in [-0.3, -0.25) is 0 Å². The monoisotopic (exact) mass is 193 g/mol. The fraction of sp³-hybridized carbons (Fsp3) is 0.455. The quantitative estimate of drug-likeness (QED) is 0.756. The van der Waals surface area contributed by atoms with Crippen LogP contribution in [0, 0.1) is 0 Å². The van der Waals surface area contributed by atoms with E-state index in [0.29, 0.717) is 18.4 Å². The lowest BCUT2D eigenvalue weighted by atomic mass is 10.1. The summed E-state index contributed by atoms with van der Waals surface area (Å²) in [6.45, 7) is 2.45. The van der Waals surface area contributed by atoms with Crippen LogP contribution in [0.4, 0.5) is 0 Å². The number of ether oxygens (including phenoxy) is 1. The van der Waals surface area contributed by atoms with Gasteiger partial charge in [-0.1, -0.05) is 12.1 Å². The molecule has 1 aliphatic heterocycles. The molecule has 0 spiro atoms. The maximum Gasteiger partial charge on any atom is 0.115 e. The molecule has 1 heterocycles. The van der Waals surface area contributed by atoms with E-state index in [1.807, 2.05) is 12.1 Å². The number of nitrogens with one attached hydrogen (secondary N) is 1. The Hall–Kier alpha value is -1.06. The Kier molecular flexibility index (Phi) is 3.01. The third kappa shape index (κ3) is 2.47. The molecule has 1 aromatic rings. The van der Waals surface area contributed by atoms with Crippen molar-refractivity contribution in [2.45, 2.75) is 19.1 Å². The molecule has 14 heavy (non-hydrogen) atoms. The summed E-state index contributed by atoms with van der Waals surface area (Å²) in [4.78, 5) is 0. The molecule has 3 heteroatoms. The zero-order chi connectivity index (χ0) is 9.80. The van der Waals surface area contributed by atoms with Crippen molar-refractivity contribution in [2.24, 2.45) is 0 Å². The van der Waals surface area contributed by atoms with Gasteiger partial charge in [0.2, 0.25) is 0 Å². The van der Waals surface area contributed by atoms with Crippen molar-refractivity contribution in [3.05, 3.63) is 29.8 Å². The highest BCUT2D eigenvalue weighted by molar-refractivity contribution is 5.26. The number of hydrogen-bond acceptors (Lipinski definition) is 3. The number of phenols is 1. The molecule has 0 saturated carbocycles. The van der Waals surface area contributed by atoms with Gasteiger partial charge in [-0.05, 0) is 30.7 Å². The fourth-order valence-electron chi connectivity index (χ4n) is 1.46. The molecule has 3 nitrogen and oxygen atoms in total. The lowest BCUT2D eigenvalue weighted by molar-refractivity contribution is 0.0806. The van der Waals surface area contributed by atoms with E-state index in [9.17, 15) is 5.11 Å². The number of phenolic OH excluding ortho intramolecular Hbond substituents is 1. The van der Waals surface area contributed by atoms with E-state index in [2.05, 4.69) is 5.32 Å². The molecule has 0 radical (unpaired) electrons. The third-order valence-electron chi connectivity index (χ3n) is 2.42. The Labute approximate surface area is 83.7 Å². The highest BCUT2D eigenvalue weighted by atomic mass is 16.5. The van der Waals surface area contributed by atoms with Crippen LogP contribution >= 0.6 is 0 Å². The van der Waals surface area contributed by atoms with Crippen LogP contribution in [-0.2, 0) is 11.3 Å². The second-order valence-corrected chi connectivity index (χ2v) is 3.62. The second-order valence-electron chi connectivity index (χ2n) is 3.62. The fourth-order valence-corrected chi connectivity index (χ4v) is 1.46. The van der Waals surface area contributed by atoms with Crippen LogP contribution in [0.1, 0.15) is 12.0 Å². The molecular weight excluding hydrogens is 178 g/mol. The Morgan fingerprint density at radius 1 is 1.50 bits per heavy atom. The first-order valence-corrected chi connectivity index (χ1v) is 4.93. The molecule has 1 saturated heterocycles. The average molecular weight is 193 g/mol. The van der Waals surface area contributed by atoms with Crippen LogP contribution in [0.3, 0.4) is 0 Å². The van der Waals surface area contributed by atoms with E-state index in [1.54, 1.807) is 12.1 Å². The van der Waals surface area contributed by atoms with Crippen molar-refractivity contribution in [3.63, 3.8) is 0 Å². The van der Waals surface area contributed by atoms with Crippen LogP contribution in [-0.4, -0.2) is 24.3 Å². The van der Waals surface area contributed by atoms with Crippen LogP contribution in [0.15, 0.2) is 24.3 Å². The number of benzene rings is 1. The molecule has 1 aliphatic rings. The zero-order valence-corrected chi connectivity index (χ0v) is 8.07. The molecule has 2 rings (SSSR count). The summed E-state index contributed by atoms with van der Waals surface area (Å²) in [5, 5.41) is 12.5. The lowest BCUT2D eigenvalue weighted by Gasteiger charge is -2.27. The van der Waals surface area contributed by atoms with Gasteiger partial charge in [-0.2, -0.15) is 0 Å². The molecule has 1 fully saturated rings. The van der Waals surface area contributed by atoms with E-state index in [1.165, 1.54) is 6.42 Å². The van der Waals surface area contributed by atoms with Gasteiger partial charge in [0.25, 0.3) is 0 Å². The SMILES string of the molecule is Oc1cccc(COCC2CCN2)c1. The Morgan fingerprint density at radius 3 is 3.00 bits per heavy atom. The van der Waals surface area contributed by atoms with E-state index < -0.39 is 0 Å². The molecule has 0 bridgehead atoms. The van der Waals surface area contributed by atoms with Crippen molar-refractivity contribution in [1.82, 2.24) is 5.32 Å². The summed E-state index contributed by atoms with van der Waals surface area (Å²) < 4.78 is 5.50. The first kappa shape index (κ1) is 9.49. The Bertz CT molecular complexity index is 297. The standard InChI is InChI=1S/C11H15NO2/c13-11-3-1-2-9(6-11)7-14-8-10-4-5-12-10/h1-3,6,10,12-13H,4-5,7-8H2. The van der Waals surface area contributed by atoms with Crippen molar-refractivity contribution in [1.29, 1.82) is 0 Å². The first-order valence-electron chi connectivity index (χ1n) is 4.93. The molecule has 1 unspecified atom stereocenters. The van der Waals surface area contributed by atoms with Gasteiger partial charge in [0, 0.05) is 6.04 Å². The second kappa shape index (κ2) is 4.44. The van der Waals surface area contributed by atoms with Crippen LogP contribution in [0.5, 0.6) is 5.75 Å². The molecular formula is C11H15NO2. The summed E-state index contributed by atoms with van der Waals surface area (Å²) in [6, 6.07) is 7.71. The van der Waals surface area contributed by atoms with Gasteiger partial charge in [-0.25, -0.2) is 0 Å². The largest absolute Gasteiger partial charge is 0.508 e. The van der Waals surface area contributed by atoms with Gasteiger partial charge < -0.3 is 15.2 Å². The maximum atomic E-state index is 9.21. The number of rotatable bonds is 4. The van der Waals surface area contributed by atoms with Gasteiger partial charge in [0.15, 0.2) is 0 Å². The van der Waals surface area contributed by atoms with Gasteiger partial charge >= 0.3 is 0 Å². The topological polar surface area (TPSA) is 41.5 Å². The zero-order valence-electron chi connectivity index (χ0n) is 8.07. The van der Waals surface area contributed by atoms with E-state index in [0.717, 1.165) is 18.7 Å². The molecule has 2 N–H and O–H groups in total. The maximum absolute atomic E-state index is 9.21. The molecule has 0 amide bonds. The summed E-state index contributed by atoms with van der Waals surface area (Å²) in [5.41, 5.74) is 1.02. The first-order chi connectivity index (χ1) is 6.84. The highest BCUT2D eigenvalue weighted by Crippen LogP contribution is 2.12. The minimum Gasteiger partial charge on any atom is -0.508 e. The summed E-state index contributed by atoms with van der Waals surface area (Å²) >= 11 is 0. The predicted molar refractivity (Wildman–Crippen MR) is 54.2 cm³/mol. The Morgan fingerprint density at radius 2 is 2.36 bits per heavy atom. The minimum absolute atomic E-state index is 0.299. The lowest BCUT2D eigenvalue weighted by Crippen LogP contribution is -2.45. The summed E-state index contributed by atoms with van der Waals surface area (Å²) in [6.07, 6.45) is 1.21. The number of aromatic hydroxyl groups is 1. The smallest absolute Gasteiger partial charge is 0.115 e. The average Bonchev–Trinajstić information content (AvgIpc) is 2.09. The summed E-state index contributed by atoms with van der Waals surface area (Å²) in [5.74, 6) is 0.299. The van der Waals surface area contributed by atoms with Crippen LogP contribution in [0.2, 0.25) is 0 Å². The highest BCUT2D eigenvalue weighted by Gasteiger charge is 2.15. The molecule has 0 aromatic heterocycles. The molecule has 1 aromatic carbocycles.